The van der Waals surface area contributed by atoms with Gasteiger partial charge in [0.25, 0.3) is 0 Å². The lowest BCUT2D eigenvalue weighted by atomic mass is 10.1. The molecule has 0 saturated heterocycles. The monoisotopic (exact) mass is 351 g/mol. The molecule has 21 heavy (non-hydrogen) atoms. The molecule has 0 aliphatic heterocycles. The molecule has 2 aromatic rings. The third kappa shape index (κ3) is 3.89. The van der Waals surface area contributed by atoms with Gasteiger partial charge in [0.1, 0.15) is 5.82 Å². The Kier molecular flexibility index (Phi) is 5.87. The predicted molar refractivity (Wildman–Crippen MR) is 87.1 cm³/mol. The molecular formula is C15H22BrN5. The topological polar surface area (TPSA) is 55.6 Å². The average Bonchev–Trinajstić information content (AvgIpc) is 2.82. The number of aromatic nitrogens is 4. The van der Waals surface area contributed by atoms with Crippen LogP contribution in [0.4, 0.5) is 0 Å². The third-order valence-electron chi connectivity index (χ3n) is 3.23. The first-order valence-electron chi connectivity index (χ1n) is 7.41. The minimum absolute atomic E-state index is 0.0232. The summed E-state index contributed by atoms with van der Waals surface area (Å²) in [5, 5.41) is 8.04. The van der Waals surface area contributed by atoms with Gasteiger partial charge in [-0.3, -0.25) is 4.68 Å². The molecule has 0 amide bonds. The fourth-order valence-corrected chi connectivity index (χ4v) is 2.84. The second-order valence-corrected chi connectivity index (χ2v) is 5.87. The highest BCUT2D eigenvalue weighted by molar-refractivity contribution is 9.10. The van der Waals surface area contributed by atoms with Gasteiger partial charge in [-0.15, -0.1) is 0 Å². The molecule has 0 bridgehead atoms. The number of halogens is 1. The lowest BCUT2D eigenvalue weighted by molar-refractivity contribution is 0.503. The zero-order valence-electron chi connectivity index (χ0n) is 12.8. The molecule has 2 rings (SSSR count). The molecule has 6 heteroatoms. The van der Waals surface area contributed by atoms with Crippen LogP contribution in [-0.2, 0) is 6.54 Å². The van der Waals surface area contributed by atoms with E-state index in [2.05, 4.69) is 54.8 Å². The third-order valence-corrected chi connectivity index (χ3v) is 3.84. The Morgan fingerprint density at radius 2 is 2.14 bits per heavy atom. The van der Waals surface area contributed by atoms with Crippen LogP contribution in [0.5, 0.6) is 0 Å². The van der Waals surface area contributed by atoms with Crippen molar-refractivity contribution in [3.8, 4) is 0 Å². The van der Waals surface area contributed by atoms with E-state index < -0.39 is 0 Å². The molecule has 0 aliphatic rings. The summed E-state index contributed by atoms with van der Waals surface area (Å²) in [5.41, 5.74) is 2.11. The largest absolute Gasteiger partial charge is 0.304 e. The molecule has 0 aliphatic carbocycles. The number of nitrogens with zero attached hydrogens (tertiary/aromatic N) is 4. The fourth-order valence-electron chi connectivity index (χ4n) is 2.31. The first kappa shape index (κ1) is 16.1. The molecule has 0 radical (unpaired) electrons. The maximum Gasteiger partial charge on any atom is 0.125 e. The maximum atomic E-state index is 4.59. The minimum Gasteiger partial charge on any atom is -0.304 e. The fraction of sp³-hybridized carbons (Fsp3) is 0.533. The normalized spacial score (nSPS) is 12.6. The first-order chi connectivity index (χ1) is 10.2. The molecule has 0 saturated carbocycles. The number of hydrogen-bond acceptors (Lipinski definition) is 4. The summed E-state index contributed by atoms with van der Waals surface area (Å²) >= 11 is 3.63. The minimum atomic E-state index is 0.0232. The van der Waals surface area contributed by atoms with Gasteiger partial charge in [-0.2, -0.15) is 5.10 Å². The number of rotatable bonds is 7. The van der Waals surface area contributed by atoms with Crippen molar-refractivity contribution < 1.29 is 0 Å². The van der Waals surface area contributed by atoms with Crippen LogP contribution in [0.3, 0.4) is 0 Å². The van der Waals surface area contributed by atoms with Crippen LogP contribution < -0.4 is 5.32 Å². The van der Waals surface area contributed by atoms with Crippen LogP contribution in [-0.4, -0.2) is 26.3 Å². The van der Waals surface area contributed by atoms with E-state index >= 15 is 0 Å². The van der Waals surface area contributed by atoms with Gasteiger partial charge in [-0.1, -0.05) is 13.8 Å². The Morgan fingerprint density at radius 3 is 2.81 bits per heavy atom. The molecule has 1 unspecified atom stereocenters. The number of hydrogen-bond donors (Lipinski definition) is 1. The molecule has 0 fully saturated rings. The van der Waals surface area contributed by atoms with Crippen molar-refractivity contribution in [1.29, 1.82) is 0 Å². The average molecular weight is 352 g/mol. The summed E-state index contributed by atoms with van der Waals surface area (Å²) in [6, 6.07) is 1.99. The highest BCUT2D eigenvalue weighted by Crippen LogP contribution is 2.28. The van der Waals surface area contributed by atoms with Gasteiger partial charge in [0.2, 0.25) is 0 Å². The summed E-state index contributed by atoms with van der Waals surface area (Å²) in [5.74, 6) is 0.786. The second kappa shape index (κ2) is 7.66. The van der Waals surface area contributed by atoms with E-state index in [0.29, 0.717) is 0 Å². The van der Waals surface area contributed by atoms with Crippen molar-refractivity contribution in [1.82, 2.24) is 25.1 Å². The Balaban J connectivity index is 2.42. The Morgan fingerprint density at radius 1 is 1.33 bits per heavy atom. The Labute approximate surface area is 134 Å². The van der Waals surface area contributed by atoms with E-state index in [-0.39, 0.29) is 6.04 Å². The van der Waals surface area contributed by atoms with Gasteiger partial charge in [0.15, 0.2) is 0 Å². The van der Waals surface area contributed by atoms with Crippen LogP contribution in [0.1, 0.15) is 49.9 Å². The SMILES string of the molecule is CCCNC(c1ccnc(C)n1)c1c(Br)cnn1CCC. The van der Waals surface area contributed by atoms with Crippen molar-refractivity contribution in [2.24, 2.45) is 0 Å². The van der Waals surface area contributed by atoms with Gasteiger partial charge in [-0.05, 0) is 48.3 Å². The zero-order valence-corrected chi connectivity index (χ0v) is 14.4. The number of aryl methyl sites for hydroxylation is 2. The summed E-state index contributed by atoms with van der Waals surface area (Å²) in [6.07, 6.45) is 5.79. The smallest absolute Gasteiger partial charge is 0.125 e. The van der Waals surface area contributed by atoms with Gasteiger partial charge in [0.05, 0.1) is 28.1 Å². The van der Waals surface area contributed by atoms with Crippen LogP contribution in [0.2, 0.25) is 0 Å². The van der Waals surface area contributed by atoms with Gasteiger partial charge >= 0.3 is 0 Å². The second-order valence-electron chi connectivity index (χ2n) is 5.02. The molecule has 0 aromatic carbocycles. The zero-order chi connectivity index (χ0) is 15.2. The first-order valence-corrected chi connectivity index (χ1v) is 8.20. The van der Waals surface area contributed by atoms with Gasteiger partial charge in [-0.25, -0.2) is 9.97 Å². The van der Waals surface area contributed by atoms with Gasteiger partial charge in [0, 0.05) is 12.7 Å². The van der Waals surface area contributed by atoms with Crippen LogP contribution in [0, 0.1) is 6.92 Å². The van der Waals surface area contributed by atoms with Crippen LogP contribution in [0.15, 0.2) is 22.9 Å². The molecule has 1 atom stereocenters. The highest BCUT2D eigenvalue weighted by Gasteiger charge is 2.22. The molecule has 5 nitrogen and oxygen atoms in total. The summed E-state index contributed by atoms with van der Waals surface area (Å²) < 4.78 is 3.07. The van der Waals surface area contributed by atoms with Crippen LogP contribution in [0.25, 0.3) is 0 Å². The van der Waals surface area contributed by atoms with E-state index in [0.717, 1.165) is 47.6 Å². The molecule has 2 heterocycles. The standard InChI is InChI=1S/C15H22BrN5/c1-4-7-18-14(13-6-8-17-11(3)20-13)15-12(16)10-19-21(15)9-5-2/h6,8,10,14,18H,4-5,7,9H2,1-3H3. The molecule has 0 spiro atoms. The van der Waals surface area contributed by atoms with E-state index in [1.807, 2.05) is 25.4 Å². The molecule has 114 valence electrons. The Bertz CT molecular complexity index is 581. The lowest BCUT2D eigenvalue weighted by Crippen LogP contribution is -2.27. The molecule has 1 N–H and O–H groups in total. The molecular weight excluding hydrogens is 330 g/mol. The van der Waals surface area contributed by atoms with E-state index in [1.54, 1.807) is 0 Å². The van der Waals surface area contributed by atoms with Gasteiger partial charge < -0.3 is 5.32 Å². The van der Waals surface area contributed by atoms with Crippen molar-refractivity contribution in [3.63, 3.8) is 0 Å². The summed E-state index contributed by atoms with van der Waals surface area (Å²) in [7, 11) is 0. The van der Waals surface area contributed by atoms with Crippen molar-refractivity contribution in [2.45, 2.75) is 46.2 Å². The Hall–Kier alpha value is -1.27. The van der Waals surface area contributed by atoms with Crippen molar-refractivity contribution in [2.75, 3.05) is 6.54 Å². The maximum absolute atomic E-state index is 4.59. The predicted octanol–water partition coefficient (Wildman–Crippen LogP) is 3.24. The highest BCUT2D eigenvalue weighted by atomic mass is 79.9. The van der Waals surface area contributed by atoms with E-state index in [9.17, 15) is 0 Å². The van der Waals surface area contributed by atoms with Crippen LogP contribution >= 0.6 is 15.9 Å². The molecule has 2 aromatic heterocycles. The van der Waals surface area contributed by atoms with E-state index in [1.165, 1.54) is 0 Å². The number of nitrogens with one attached hydrogen (secondary N) is 1. The lowest BCUT2D eigenvalue weighted by Gasteiger charge is -2.20. The quantitative estimate of drug-likeness (QED) is 0.831. The van der Waals surface area contributed by atoms with Crippen molar-refractivity contribution in [3.05, 3.63) is 40.1 Å². The van der Waals surface area contributed by atoms with Crippen molar-refractivity contribution >= 4 is 15.9 Å². The summed E-state index contributed by atoms with van der Waals surface area (Å²) in [4.78, 5) is 8.78. The summed E-state index contributed by atoms with van der Waals surface area (Å²) in [6.45, 7) is 8.06. The van der Waals surface area contributed by atoms with E-state index in [4.69, 9.17) is 0 Å².